The zero-order chi connectivity index (χ0) is 26.1. The predicted molar refractivity (Wildman–Crippen MR) is 138 cm³/mol. The monoisotopic (exact) mass is 526 g/mol. The molecule has 4 heterocycles. The van der Waals surface area contributed by atoms with Crippen molar-refractivity contribution >= 4 is 28.6 Å². The van der Waals surface area contributed by atoms with Crippen molar-refractivity contribution < 1.29 is 23.0 Å². The van der Waals surface area contributed by atoms with E-state index in [1.807, 2.05) is 4.90 Å². The number of rotatable bonds is 8. The van der Waals surface area contributed by atoms with Gasteiger partial charge in [0.25, 0.3) is 6.43 Å². The van der Waals surface area contributed by atoms with Gasteiger partial charge in [-0.25, -0.2) is 13.8 Å². The second kappa shape index (κ2) is 10.9. The molecule has 1 saturated carbocycles. The molecule has 3 fully saturated rings. The van der Waals surface area contributed by atoms with Crippen molar-refractivity contribution in [2.75, 3.05) is 49.7 Å². The number of nitrogens with zero attached hydrogens (tertiary/aromatic N) is 5. The van der Waals surface area contributed by atoms with Crippen molar-refractivity contribution in [2.45, 2.75) is 44.6 Å². The molecule has 1 aromatic carbocycles. The molecule has 1 N–H and O–H groups in total. The number of ether oxygens (including phenoxy) is 2. The largest absolute Gasteiger partial charge is 0.381 e. The summed E-state index contributed by atoms with van der Waals surface area (Å²) in [5.74, 6) is 1.88. The summed E-state index contributed by atoms with van der Waals surface area (Å²) >= 11 is 0. The van der Waals surface area contributed by atoms with E-state index in [4.69, 9.17) is 19.4 Å². The van der Waals surface area contributed by atoms with Crippen LogP contribution in [-0.2, 0) is 14.3 Å². The van der Waals surface area contributed by atoms with E-state index >= 15 is 0 Å². The molecule has 2 saturated heterocycles. The van der Waals surface area contributed by atoms with Crippen LogP contribution in [0.15, 0.2) is 30.3 Å². The van der Waals surface area contributed by atoms with Crippen molar-refractivity contribution in [1.29, 1.82) is 0 Å². The summed E-state index contributed by atoms with van der Waals surface area (Å²) in [4.78, 5) is 28.3. The molecule has 2 aliphatic heterocycles. The third-order valence-electron chi connectivity index (χ3n) is 7.76. The lowest BCUT2D eigenvalue weighted by Crippen LogP contribution is -2.39. The van der Waals surface area contributed by atoms with Crippen LogP contribution in [-0.4, -0.2) is 70.9 Å². The summed E-state index contributed by atoms with van der Waals surface area (Å²) in [6.07, 6.45) is 1.24. The van der Waals surface area contributed by atoms with Crippen LogP contribution in [0.25, 0.3) is 16.9 Å². The van der Waals surface area contributed by atoms with Gasteiger partial charge in [0, 0.05) is 50.8 Å². The highest BCUT2D eigenvalue weighted by Crippen LogP contribution is 2.35. The minimum Gasteiger partial charge on any atom is -0.381 e. The highest BCUT2D eigenvalue weighted by Gasteiger charge is 2.33. The molecule has 9 nitrogen and oxygen atoms in total. The molecule has 11 heteroatoms. The average Bonchev–Trinajstić information content (AvgIpc) is 3.33. The van der Waals surface area contributed by atoms with Crippen LogP contribution < -0.4 is 10.2 Å². The molecule has 0 atom stereocenters. The molecule has 2 aromatic heterocycles. The second-order valence-electron chi connectivity index (χ2n) is 10.3. The molecular formula is C27H32F2N6O3. The summed E-state index contributed by atoms with van der Waals surface area (Å²) in [5.41, 5.74) is 1.05. The van der Waals surface area contributed by atoms with Gasteiger partial charge >= 0.3 is 0 Å². The topological polar surface area (TPSA) is 94.4 Å². The van der Waals surface area contributed by atoms with Crippen molar-refractivity contribution in [2.24, 2.45) is 11.8 Å². The molecule has 0 radical (unpaired) electrons. The lowest BCUT2D eigenvalue weighted by Gasteiger charge is -2.37. The van der Waals surface area contributed by atoms with Gasteiger partial charge in [-0.05, 0) is 43.7 Å². The summed E-state index contributed by atoms with van der Waals surface area (Å²) in [6.45, 7) is 3.69. The fourth-order valence-electron chi connectivity index (χ4n) is 5.65. The van der Waals surface area contributed by atoms with Crippen molar-refractivity contribution in [3.63, 3.8) is 0 Å². The Morgan fingerprint density at radius 1 is 1.03 bits per heavy atom. The quantitative estimate of drug-likeness (QED) is 0.468. The number of morpholine rings is 1. The van der Waals surface area contributed by atoms with E-state index in [1.54, 1.807) is 30.3 Å². The molecule has 0 spiro atoms. The Labute approximate surface area is 219 Å². The van der Waals surface area contributed by atoms with Gasteiger partial charge in [-0.1, -0.05) is 12.1 Å². The van der Waals surface area contributed by atoms with E-state index in [1.165, 1.54) is 4.57 Å². The number of aromatic nitrogens is 4. The Morgan fingerprint density at radius 2 is 1.76 bits per heavy atom. The van der Waals surface area contributed by atoms with Crippen molar-refractivity contribution in [3.8, 4) is 5.82 Å². The van der Waals surface area contributed by atoms with E-state index in [-0.39, 0.29) is 17.8 Å². The minimum absolute atomic E-state index is 0.130. The smallest absolute Gasteiger partial charge is 0.296 e. The van der Waals surface area contributed by atoms with Crippen LogP contribution in [0.2, 0.25) is 0 Å². The number of anilines is 2. The van der Waals surface area contributed by atoms with Crippen LogP contribution in [0.1, 0.15) is 44.4 Å². The van der Waals surface area contributed by atoms with Gasteiger partial charge in [-0.2, -0.15) is 9.97 Å². The molecule has 6 rings (SSSR count). The normalized spacial score (nSPS) is 22.6. The third-order valence-corrected chi connectivity index (χ3v) is 7.76. The fraction of sp³-hybridized carbons (Fsp3) is 0.556. The van der Waals surface area contributed by atoms with Gasteiger partial charge in [0.2, 0.25) is 5.95 Å². The predicted octanol–water partition coefficient (Wildman–Crippen LogP) is 4.17. The number of ketones is 1. The first-order valence-electron chi connectivity index (χ1n) is 13.4. The number of para-hydroxylation sites is 2. The number of hydrogen-bond acceptors (Lipinski definition) is 8. The van der Waals surface area contributed by atoms with E-state index in [0.29, 0.717) is 86.3 Å². The van der Waals surface area contributed by atoms with Crippen LogP contribution in [0.4, 0.5) is 20.5 Å². The summed E-state index contributed by atoms with van der Waals surface area (Å²) in [6, 6.07) is 8.94. The number of nitrogens with one attached hydrogen (secondary N) is 1. The van der Waals surface area contributed by atoms with E-state index in [9.17, 15) is 13.6 Å². The number of halogens is 2. The van der Waals surface area contributed by atoms with E-state index in [0.717, 1.165) is 25.7 Å². The Hall–Kier alpha value is -3.18. The summed E-state index contributed by atoms with van der Waals surface area (Å²) < 4.78 is 40.4. The number of Topliss-reactive ketones (excluding diaryl/α,β-unsaturated/α-hetero) is 1. The molecule has 0 amide bonds. The van der Waals surface area contributed by atoms with Crippen LogP contribution in [0.5, 0.6) is 0 Å². The standard InChI is InChI=1S/C27H32F2N6O3/c28-25(29)26-31-20-3-1-2-4-21(20)35(26)24-16-23(32-27(33-24)34-7-11-38-12-8-34)30-19-13-17(14-19)15-22(36)18-5-9-37-10-6-18/h1-4,16-19,25H,5-15H2,(H,30,32,33). The number of carbonyl (C=O) groups excluding carboxylic acids is 1. The Morgan fingerprint density at radius 3 is 2.53 bits per heavy atom. The molecule has 0 bridgehead atoms. The number of benzene rings is 1. The maximum atomic E-state index is 14.1. The van der Waals surface area contributed by atoms with Gasteiger partial charge in [-0.15, -0.1) is 0 Å². The molecule has 0 unspecified atom stereocenters. The number of imidazole rings is 1. The van der Waals surface area contributed by atoms with Gasteiger partial charge < -0.3 is 19.7 Å². The zero-order valence-electron chi connectivity index (χ0n) is 21.2. The molecule has 1 aliphatic carbocycles. The Kier molecular flexibility index (Phi) is 7.20. The van der Waals surface area contributed by atoms with Gasteiger partial charge in [0.15, 0.2) is 5.82 Å². The van der Waals surface area contributed by atoms with Gasteiger partial charge in [0.05, 0.1) is 24.2 Å². The third kappa shape index (κ3) is 5.22. The molecule has 3 aromatic rings. The summed E-state index contributed by atoms with van der Waals surface area (Å²) in [5, 5.41) is 3.48. The molecular weight excluding hydrogens is 494 g/mol. The summed E-state index contributed by atoms with van der Waals surface area (Å²) in [7, 11) is 0. The van der Waals surface area contributed by atoms with Crippen LogP contribution in [0.3, 0.4) is 0 Å². The SMILES string of the molecule is O=C(CC1CC(Nc2cc(-n3c(C(F)F)nc4ccccc43)nc(N3CCOCC3)n2)C1)C1CCOCC1. The van der Waals surface area contributed by atoms with Crippen molar-refractivity contribution in [1.82, 2.24) is 19.5 Å². The van der Waals surface area contributed by atoms with Crippen LogP contribution in [0, 0.1) is 11.8 Å². The highest BCUT2D eigenvalue weighted by molar-refractivity contribution is 5.81. The first-order valence-corrected chi connectivity index (χ1v) is 13.4. The first kappa shape index (κ1) is 25.1. The number of fused-ring (bicyclic) bond motifs is 1. The molecule has 38 heavy (non-hydrogen) atoms. The van der Waals surface area contributed by atoms with E-state index in [2.05, 4.69) is 10.3 Å². The number of carbonyl (C=O) groups is 1. The minimum atomic E-state index is -2.76. The molecule has 202 valence electrons. The maximum absolute atomic E-state index is 14.1. The number of alkyl halides is 2. The van der Waals surface area contributed by atoms with Crippen molar-refractivity contribution in [3.05, 3.63) is 36.2 Å². The second-order valence-corrected chi connectivity index (χ2v) is 10.3. The highest BCUT2D eigenvalue weighted by atomic mass is 19.3. The molecule has 3 aliphatic rings. The Balaban J connectivity index is 1.24. The van der Waals surface area contributed by atoms with Crippen LogP contribution >= 0.6 is 0 Å². The van der Waals surface area contributed by atoms with E-state index < -0.39 is 6.43 Å². The fourth-order valence-corrected chi connectivity index (χ4v) is 5.65. The van der Waals surface area contributed by atoms with Gasteiger partial charge in [0.1, 0.15) is 17.4 Å². The average molecular weight is 527 g/mol. The lowest BCUT2D eigenvalue weighted by atomic mass is 9.75. The Bertz CT molecular complexity index is 1280. The first-order chi connectivity index (χ1) is 18.5. The van der Waals surface area contributed by atoms with Gasteiger partial charge in [-0.3, -0.25) is 9.36 Å². The number of hydrogen-bond donors (Lipinski definition) is 1. The maximum Gasteiger partial charge on any atom is 0.296 e. The lowest BCUT2D eigenvalue weighted by molar-refractivity contribution is -0.127. The zero-order valence-corrected chi connectivity index (χ0v) is 21.2.